The smallest absolute Gasteiger partial charge is 0.199 e. The number of piperidine rings is 1. The van der Waals surface area contributed by atoms with Crippen molar-refractivity contribution in [2.24, 2.45) is 0 Å². The summed E-state index contributed by atoms with van der Waals surface area (Å²) in [6.45, 7) is 2.09. The second kappa shape index (κ2) is 5.56. The van der Waals surface area contributed by atoms with Crippen LogP contribution >= 0.6 is 28.1 Å². The molecule has 6 heteroatoms. The molecule has 19 heavy (non-hydrogen) atoms. The van der Waals surface area contributed by atoms with E-state index in [4.69, 9.17) is 12.2 Å². The first-order chi connectivity index (χ1) is 9.25. The van der Waals surface area contributed by atoms with Gasteiger partial charge in [-0.3, -0.25) is 9.67 Å². The average Bonchev–Trinajstić information content (AvgIpc) is 2.83. The summed E-state index contributed by atoms with van der Waals surface area (Å²) in [5.74, 6) is 1.52. The molecule has 4 nitrogen and oxygen atoms in total. The molecule has 0 atom stereocenters. The van der Waals surface area contributed by atoms with E-state index in [1.54, 1.807) is 0 Å². The number of rotatable bonds is 2. The molecule has 3 rings (SSSR count). The topological polar surface area (TPSA) is 45.6 Å². The molecule has 0 saturated carbocycles. The molecule has 0 amide bonds. The van der Waals surface area contributed by atoms with E-state index >= 15 is 0 Å². The minimum absolute atomic E-state index is 0.470. The first-order valence-electron chi connectivity index (χ1n) is 6.39. The Morgan fingerprint density at radius 3 is 2.58 bits per heavy atom. The quantitative estimate of drug-likeness (QED) is 0.826. The fourth-order valence-electron chi connectivity index (χ4n) is 2.50. The van der Waals surface area contributed by atoms with E-state index in [2.05, 4.69) is 48.1 Å². The van der Waals surface area contributed by atoms with Gasteiger partial charge in [-0.2, -0.15) is 5.10 Å². The molecule has 0 radical (unpaired) electrons. The minimum atomic E-state index is 0.470. The largest absolute Gasteiger partial charge is 0.317 e. The van der Waals surface area contributed by atoms with Crippen molar-refractivity contribution in [1.82, 2.24) is 20.1 Å². The number of nitrogens with one attached hydrogen (secondary N) is 2. The third kappa shape index (κ3) is 2.66. The molecule has 1 aromatic carbocycles. The number of benzene rings is 1. The number of aromatic amines is 1. The van der Waals surface area contributed by atoms with Gasteiger partial charge < -0.3 is 5.32 Å². The maximum atomic E-state index is 5.37. The van der Waals surface area contributed by atoms with Gasteiger partial charge in [-0.1, -0.05) is 15.9 Å². The summed E-state index contributed by atoms with van der Waals surface area (Å²) in [7, 11) is 0. The van der Waals surface area contributed by atoms with Gasteiger partial charge in [0.05, 0.1) is 0 Å². The van der Waals surface area contributed by atoms with Crippen LogP contribution in [-0.2, 0) is 0 Å². The van der Waals surface area contributed by atoms with Crippen LogP contribution < -0.4 is 5.32 Å². The molecular weight excluding hydrogens is 324 g/mol. The van der Waals surface area contributed by atoms with Crippen LogP contribution in [0.1, 0.15) is 24.6 Å². The van der Waals surface area contributed by atoms with Gasteiger partial charge in [0, 0.05) is 16.1 Å². The van der Waals surface area contributed by atoms with Gasteiger partial charge >= 0.3 is 0 Å². The monoisotopic (exact) mass is 338 g/mol. The Labute approximate surface area is 125 Å². The lowest BCUT2D eigenvalue weighted by molar-refractivity contribution is 0.440. The number of aromatic nitrogens is 3. The number of H-pyrrole nitrogens is 1. The Kier molecular flexibility index (Phi) is 3.81. The highest BCUT2D eigenvalue weighted by Gasteiger charge is 2.21. The predicted octanol–water partition coefficient (Wildman–Crippen LogP) is 3.16. The highest BCUT2D eigenvalue weighted by atomic mass is 79.9. The van der Waals surface area contributed by atoms with Crippen molar-refractivity contribution in [3.63, 3.8) is 0 Å². The zero-order chi connectivity index (χ0) is 13.2. The summed E-state index contributed by atoms with van der Waals surface area (Å²) >= 11 is 8.83. The van der Waals surface area contributed by atoms with Crippen LogP contribution in [0.25, 0.3) is 5.69 Å². The molecule has 100 valence electrons. The molecule has 0 unspecified atom stereocenters. The Morgan fingerprint density at radius 2 is 1.89 bits per heavy atom. The van der Waals surface area contributed by atoms with E-state index in [1.165, 1.54) is 0 Å². The molecular formula is C13H15BrN4S. The Bertz CT molecular complexity index is 610. The van der Waals surface area contributed by atoms with Gasteiger partial charge in [-0.05, 0) is 62.4 Å². The van der Waals surface area contributed by atoms with Crippen molar-refractivity contribution in [1.29, 1.82) is 0 Å². The number of hydrogen-bond acceptors (Lipinski definition) is 3. The molecule has 2 heterocycles. The van der Waals surface area contributed by atoms with E-state index < -0.39 is 0 Å². The standard InChI is InChI=1S/C13H15BrN4S/c14-10-1-3-11(4-2-10)18-12(16-17-13(18)19)9-5-7-15-8-6-9/h1-4,9,15H,5-8H2,(H,17,19). The third-order valence-corrected chi connectivity index (χ3v) is 4.29. The lowest BCUT2D eigenvalue weighted by atomic mass is 9.97. The summed E-state index contributed by atoms with van der Waals surface area (Å²) in [5.41, 5.74) is 1.07. The van der Waals surface area contributed by atoms with Crippen molar-refractivity contribution in [3.8, 4) is 5.69 Å². The van der Waals surface area contributed by atoms with Gasteiger partial charge in [0.1, 0.15) is 5.82 Å². The lowest BCUT2D eigenvalue weighted by Gasteiger charge is -2.22. The van der Waals surface area contributed by atoms with Gasteiger partial charge in [-0.25, -0.2) is 0 Å². The van der Waals surface area contributed by atoms with Crippen molar-refractivity contribution in [3.05, 3.63) is 39.3 Å². The molecule has 1 aromatic heterocycles. The minimum Gasteiger partial charge on any atom is -0.317 e. The molecule has 2 aromatic rings. The van der Waals surface area contributed by atoms with Crippen LogP contribution in [0, 0.1) is 4.77 Å². The van der Waals surface area contributed by atoms with E-state index in [0.29, 0.717) is 10.7 Å². The van der Waals surface area contributed by atoms with Crippen molar-refractivity contribution < 1.29 is 0 Å². The summed E-state index contributed by atoms with van der Waals surface area (Å²) in [6.07, 6.45) is 2.21. The summed E-state index contributed by atoms with van der Waals surface area (Å²) < 4.78 is 3.78. The number of halogens is 1. The Morgan fingerprint density at radius 1 is 1.21 bits per heavy atom. The molecule has 0 bridgehead atoms. The fourth-order valence-corrected chi connectivity index (χ4v) is 3.01. The first kappa shape index (κ1) is 13.0. The Balaban J connectivity index is 2.02. The second-order valence-corrected chi connectivity index (χ2v) is 6.03. The maximum Gasteiger partial charge on any atom is 0.199 e. The third-order valence-electron chi connectivity index (χ3n) is 3.49. The SMILES string of the molecule is S=c1[nH]nc(C2CCNCC2)n1-c1ccc(Br)cc1. The lowest BCUT2D eigenvalue weighted by Crippen LogP contribution is -2.28. The summed E-state index contributed by atoms with van der Waals surface area (Å²) in [5, 5.41) is 10.8. The van der Waals surface area contributed by atoms with Crippen molar-refractivity contribution >= 4 is 28.1 Å². The van der Waals surface area contributed by atoms with Crippen LogP contribution in [0.15, 0.2) is 28.7 Å². The normalized spacial score (nSPS) is 16.7. The van der Waals surface area contributed by atoms with E-state index in [-0.39, 0.29) is 0 Å². The summed E-state index contributed by atoms with van der Waals surface area (Å²) in [4.78, 5) is 0. The van der Waals surface area contributed by atoms with Gasteiger partial charge in [0.2, 0.25) is 0 Å². The Hall–Kier alpha value is -0.980. The molecule has 2 N–H and O–H groups in total. The van der Waals surface area contributed by atoms with Crippen molar-refractivity contribution in [2.75, 3.05) is 13.1 Å². The zero-order valence-electron chi connectivity index (χ0n) is 10.4. The number of nitrogens with zero attached hydrogens (tertiary/aromatic N) is 2. The van der Waals surface area contributed by atoms with Crippen molar-refractivity contribution in [2.45, 2.75) is 18.8 Å². The van der Waals surface area contributed by atoms with Crippen LogP contribution in [0.2, 0.25) is 0 Å². The summed E-state index contributed by atoms with van der Waals surface area (Å²) in [6, 6.07) is 8.16. The van der Waals surface area contributed by atoms with Crippen LogP contribution in [0.4, 0.5) is 0 Å². The maximum absolute atomic E-state index is 5.37. The van der Waals surface area contributed by atoms with Gasteiger partial charge in [0.15, 0.2) is 4.77 Å². The highest BCUT2D eigenvalue weighted by molar-refractivity contribution is 9.10. The van der Waals surface area contributed by atoms with Gasteiger partial charge in [0.25, 0.3) is 0 Å². The molecule has 0 aliphatic carbocycles. The second-order valence-electron chi connectivity index (χ2n) is 4.72. The molecule has 1 aliphatic rings. The van der Waals surface area contributed by atoms with E-state index in [9.17, 15) is 0 Å². The van der Waals surface area contributed by atoms with E-state index in [0.717, 1.165) is 41.9 Å². The molecule has 0 spiro atoms. The fraction of sp³-hybridized carbons (Fsp3) is 0.385. The average molecular weight is 339 g/mol. The van der Waals surface area contributed by atoms with Crippen LogP contribution in [0.5, 0.6) is 0 Å². The first-order valence-corrected chi connectivity index (χ1v) is 7.60. The van der Waals surface area contributed by atoms with E-state index in [1.807, 2.05) is 12.1 Å². The predicted molar refractivity (Wildman–Crippen MR) is 81.3 cm³/mol. The van der Waals surface area contributed by atoms with Crippen LogP contribution in [0.3, 0.4) is 0 Å². The van der Waals surface area contributed by atoms with Crippen LogP contribution in [-0.4, -0.2) is 27.9 Å². The molecule has 1 saturated heterocycles. The molecule has 1 aliphatic heterocycles. The number of hydrogen-bond donors (Lipinski definition) is 2. The molecule has 1 fully saturated rings. The highest BCUT2D eigenvalue weighted by Crippen LogP contribution is 2.26. The van der Waals surface area contributed by atoms with Gasteiger partial charge in [-0.15, -0.1) is 0 Å². The zero-order valence-corrected chi connectivity index (χ0v) is 12.8.